The fraction of sp³-hybridized carbons (Fsp3) is 0.348. The molecule has 162 valence electrons. The van der Waals surface area contributed by atoms with E-state index in [9.17, 15) is 9.59 Å². The number of rotatable bonds is 6. The molecule has 0 saturated carbocycles. The van der Waals surface area contributed by atoms with E-state index in [2.05, 4.69) is 10.3 Å². The second kappa shape index (κ2) is 9.07. The van der Waals surface area contributed by atoms with Crippen LogP contribution in [-0.4, -0.2) is 36.3 Å². The Morgan fingerprint density at radius 1 is 1.03 bits per heavy atom. The van der Waals surface area contributed by atoms with Crippen molar-refractivity contribution in [2.45, 2.75) is 32.2 Å². The molecule has 8 nitrogen and oxygen atoms in total. The molecule has 2 heterocycles. The molecule has 0 unspecified atom stereocenters. The molecule has 0 fully saturated rings. The minimum atomic E-state index is -0.341. The highest BCUT2D eigenvalue weighted by molar-refractivity contribution is 5.92. The Morgan fingerprint density at radius 2 is 1.81 bits per heavy atom. The minimum Gasteiger partial charge on any atom is -0.497 e. The fourth-order valence-corrected chi connectivity index (χ4v) is 3.71. The molecule has 0 atom stereocenters. The van der Waals surface area contributed by atoms with Gasteiger partial charge in [0.1, 0.15) is 23.1 Å². The maximum absolute atomic E-state index is 12.9. The summed E-state index contributed by atoms with van der Waals surface area (Å²) < 4.78 is 17.8. The summed E-state index contributed by atoms with van der Waals surface area (Å²) in [4.78, 5) is 30.0. The Morgan fingerprint density at radius 3 is 2.55 bits per heavy atom. The van der Waals surface area contributed by atoms with Gasteiger partial charge in [0.2, 0.25) is 0 Å². The van der Waals surface area contributed by atoms with E-state index in [1.54, 1.807) is 55.2 Å². The highest BCUT2D eigenvalue weighted by atomic mass is 16.5. The number of nitrogens with one attached hydrogen (secondary N) is 1. The first-order chi connectivity index (χ1) is 15.1. The van der Waals surface area contributed by atoms with Gasteiger partial charge in [-0.1, -0.05) is 6.42 Å². The second-order valence-corrected chi connectivity index (χ2v) is 7.41. The van der Waals surface area contributed by atoms with Crippen LogP contribution in [0.2, 0.25) is 0 Å². The SMILES string of the molecule is COc1cc(NC(=O)COc2ccc3nc4n(c(=O)c3c2)CCCCC4)cc(OC)c1. The van der Waals surface area contributed by atoms with Crippen LogP contribution in [0.15, 0.2) is 41.2 Å². The molecule has 31 heavy (non-hydrogen) atoms. The molecule has 8 heteroatoms. The zero-order valence-corrected chi connectivity index (χ0v) is 17.6. The number of fused-ring (bicyclic) bond motifs is 2. The van der Waals surface area contributed by atoms with Gasteiger partial charge in [0.25, 0.3) is 11.5 Å². The van der Waals surface area contributed by atoms with Crippen LogP contribution in [0.25, 0.3) is 10.9 Å². The summed E-state index contributed by atoms with van der Waals surface area (Å²) in [5.41, 5.74) is 1.13. The van der Waals surface area contributed by atoms with Gasteiger partial charge in [-0.3, -0.25) is 14.2 Å². The normalized spacial score (nSPS) is 13.2. The lowest BCUT2D eigenvalue weighted by atomic mass is 10.2. The average molecular weight is 423 g/mol. The quantitative estimate of drug-likeness (QED) is 0.655. The van der Waals surface area contributed by atoms with Crippen LogP contribution >= 0.6 is 0 Å². The summed E-state index contributed by atoms with van der Waals surface area (Å²) >= 11 is 0. The lowest BCUT2D eigenvalue weighted by Gasteiger charge is -2.12. The number of methoxy groups -OCH3 is 2. The van der Waals surface area contributed by atoms with E-state index in [1.807, 2.05) is 0 Å². The molecule has 3 aromatic rings. The number of carbonyl (C=O) groups is 1. The maximum Gasteiger partial charge on any atom is 0.262 e. The first-order valence-corrected chi connectivity index (χ1v) is 10.3. The van der Waals surface area contributed by atoms with Gasteiger partial charge in [-0.15, -0.1) is 0 Å². The van der Waals surface area contributed by atoms with Gasteiger partial charge in [-0.25, -0.2) is 4.98 Å². The summed E-state index contributed by atoms with van der Waals surface area (Å²) in [5.74, 6) is 2.08. The van der Waals surface area contributed by atoms with E-state index in [1.165, 1.54) is 0 Å². The summed E-state index contributed by atoms with van der Waals surface area (Å²) in [6, 6.07) is 10.2. The van der Waals surface area contributed by atoms with Gasteiger partial charge in [-0.05, 0) is 31.0 Å². The molecule has 1 amide bonds. The Labute approximate surface area is 179 Å². The molecule has 0 saturated heterocycles. The predicted molar refractivity (Wildman–Crippen MR) is 117 cm³/mol. The molecule has 2 aromatic carbocycles. The van der Waals surface area contributed by atoms with E-state index >= 15 is 0 Å². The third-order valence-electron chi connectivity index (χ3n) is 5.29. The first kappa shape index (κ1) is 20.7. The Balaban J connectivity index is 1.48. The van der Waals surface area contributed by atoms with Crippen molar-refractivity contribution in [2.75, 3.05) is 26.1 Å². The molecule has 0 spiro atoms. The lowest BCUT2D eigenvalue weighted by Crippen LogP contribution is -2.24. The molecule has 1 aromatic heterocycles. The maximum atomic E-state index is 12.9. The molecule has 1 N–H and O–H groups in total. The number of hydrogen-bond donors (Lipinski definition) is 1. The molecular weight excluding hydrogens is 398 g/mol. The van der Waals surface area contributed by atoms with E-state index in [4.69, 9.17) is 14.2 Å². The predicted octanol–water partition coefficient (Wildman–Crippen LogP) is 3.16. The minimum absolute atomic E-state index is 0.0553. The van der Waals surface area contributed by atoms with E-state index < -0.39 is 0 Å². The summed E-state index contributed by atoms with van der Waals surface area (Å²) in [6.07, 6.45) is 3.94. The van der Waals surface area contributed by atoms with Crippen LogP contribution in [0, 0.1) is 0 Å². The van der Waals surface area contributed by atoms with Crippen molar-refractivity contribution >= 4 is 22.5 Å². The largest absolute Gasteiger partial charge is 0.497 e. The third-order valence-corrected chi connectivity index (χ3v) is 5.29. The number of aromatic nitrogens is 2. The Kier molecular flexibility index (Phi) is 6.06. The first-order valence-electron chi connectivity index (χ1n) is 10.3. The zero-order chi connectivity index (χ0) is 21.8. The van der Waals surface area contributed by atoms with E-state index in [0.29, 0.717) is 40.4 Å². The average Bonchev–Trinajstić information content (AvgIpc) is 3.03. The van der Waals surface area contributed by atoms with Crippen LogP contribution in [0.1, 0.15) is 25.1 Å². The van der Waals surface area contributed by atoms with Gasteiger partial charge in [-0.2, -0.15) is 0 Å². The molecular formula is C23H25N3O5. The molecule has 0 bridgehead atoms. The molecule has 0 aliphatic carbocycles. The van der Waals surface area contributed by atoms with Gasteiger partial charge in [0, 0.05) is 36.9 Å². The summed E-state index contributed by atoms with van der Waals surface area (Å²) in [5, 5.41) is 3.26. The zero-order valence-electron chi connectivity index (χ0n) is 17.6. The number of amides is 1. The van der Waals surface area contributed by atoms with Crippen molar-refractivity contribution in [3.05, 3.63) is 52.6 Å². The number of anilines is 1. The van der Waals surface area contributed by atoms with Crippen LogP contribution in [0.5, 0.6) is 17.2 Å². The number of nitrogens with zero attached hydrogens (tertiary/aromatic N) is 2. The van der Waals surface area contributed by atoms with Gasteiger partial charge < -0.3 is 19.5 Å². The molecule has 1 aliphatic heterocycles. The smallest absolute Gasteiger partial charge is 0.262 e. The number of ether oxygens (including phenoxy) is 3. The Hall–Kier alpha value is -3.55. The highest BCUT2D eigenvalue weighted by Crippen LogP contribution is 2.26. The number of aryl methyl sites for hydroxylation is 1. The van der Waals surface area contributed by atoms with Crippen LogP contribution in [0.3, 0.4) is 0 Å². The molecule has 4 rings (SSSR count). The van der Waals surface area contributed by atoms with Gasteiger partial charge in [0.05, 0.1) is 25.1 Å². The van der Waals surface area contributed by atoms with Gasteiger partial charge >= 0.3 is 0 Å². The van der Waals surface area contributed by atoms with Crippen LogP contribution < -0.4 is 25.1 Å². The standard InChI is InChI=1S/C23H25N3O5/c1-29-17-10-15(11-18(12-17)30-2)24-22(27)14-31-16-7-8-20-19(13-16)23(28)26-9-5-3-4-6-21(26)25-20/h7-8,10-13H,3-6,9,14H2,1-2H3,(H,24,27). The van der Waals surface area contributed by atoms with E-state index in [-0.39, 0.29) is 18.1 Å². The van der Waals surface area contributed by atoms with Crippen molar-refractivity contribution in [3.8, 4) is 17.2 Å². The number of benzene rings is 2. The topological polar surface area (TPSA) is 91.7 Å². The van der Waals surface area contributed by atoms with Crippen molar-refractivity contribution in [2.24, 2.45) is 0 Å². The van der Waals surface area contributed by atoms with Crippen LogP contribution in [-0.2, 0) is 17.8 Å². The van der Waals surface area contributed by atoms with Gasteiger partial charge in [0.15, 0.2) is 6.61 Å². The third kappa shape index (κ3) is 4.63. The Bertz CT molecular complexity index is 1150. The van der Waals surface area contributed by atoms with E-state index in [0.717, 1.165) is 31.5 Å². The number of carbonyl (C=O) groups excluding carboxylic acids is 1. The monoisotopic (exact) mass is 423 g/mol. The number of hydrogen-bond acceptors (Lipinski definition) is 6. The molecule has 0 radical (unpaired) electrons. The summed E-state index contributed by atoms with van der Waals surface area (Å²) in [7, 11) is 3.08. The fourth-order valence-electron chi connectivity index (χ4n) is 3.71. The van der Waals surface area contributed by atoms with Crippen LogP contribution in [0.4, 0.5) is 5.69 Å². The lowest BCUT2D eigenvalue weighted by molar-refractivity contribution is -0.118. The summed E-state index contributed by atoms with van der Waals surface area (Å²) in [6.45, 7) is 0.485. The van der Waals surface area contributed by atoms with Crippen molar-refractivity contribution in [1.29, 1.82) is 0 Å². The van der Waals surface area contributed by atoms with Crippen molar-refractivity contribution in [1.82, 2.24) is 9.55 Å². The van der Waals surface area contributed by atoms with Crippen molar-refractivity contribution < 1.29 is 19.0 Å². The highest BCUT2D eigenvalue weighted by Gasteiger charge is 2.14. The second-order valence-electron chi connectivity index (χ2n) is 7.41. The van der Waals surface area contributed by atoms with Crippen molar-refractivity contribution in [3.63, 3.8) is 0 Å². The molecule has 1 aliphatic rings.